The molecule has 0 saturated carbocycles. The zero-order valence-corrected chi connectivity index (χ0v) is 14.3. The number of piperidine rings is 2. The fourth-order valence-electron chi connectivity index (χ4n) is 3.65. The lowest BCUT2D eigenvalue weighted by Gasteiger charge is -2.37. The number of likely N-dealkylation sites (tertiary alicyclic amines) is 1. The first kappa shape index (κ1) is 17.5. The second kappa shape index (κ2) is 7.72. The summed E-state index contributed by atoms with van der Waals surface area (Å²) < 4.78 is 14.0. The van der Waals surface area contributed by atoms with E-state index in [2.05, 4.69) is 5.32 Å². The Morgan fingerprint density at radius 3 is 2.52 bits per heavy atom. The number of primary amides is 1. The normalized spacial score (nSPS) is 21.9. The lowest BCUT2D eigenvalue weighted by Crippen LogP contribution is -2.53. The molecule has 1 aromatic rings. The molecule has 3 N–H and O–H groups in total. The standard InChI is InChI=1S/C18H25FN4O2/c19-15-5-1-2-6-16(15)23-9-3-4-14(12-23)21-18(25)22-10-7-13(8-11-22)17(20)24/h1-2,5-6,13-14H,3-4,7-12H2,(H2,20,24)(H,21,25)/t14-/m0/s1. The van der Waals surface area contributed by atoms with Crippen LogP contribution in [0, 0.1) is 11.7 Å². The highest BCUT2D eigenvalue weighted by atomic mass is 19.1. The summed E-state index contributed by atoms with van der Waals surface area (Å²) in [6, 6.07) is 6.62. The zero-order valence-electron chi connectivity index (χ0n) is 14.3. The van der Waals surface area contributed by atoms with Gasteiger partial charge < -0.3 is 20.9 Å². The number of nitrogens with two attached hydrogens (primary N) is 1. The van der Waals surface area contributed by atoms with E-state index in [0.717, 1.165) is 19.4 Å². The summed E-state index contributed by atoms with van der Waals surface area (Å²) in [6.45, 7) is 2.48. The Labute approximate surface area is 147 Å². The van der Waals surface area contributed by atoms with Gasteiger partial charge in [-0.1, -0.05) is 12.1 Å². The topological polar surface area (TPSA) is 78.7 Å². The molecule has 2 aliphatic heterocycles. The monoisotopic (exact) mass is 348 g/mol. The van der Waals surface area contributed by atoms with Gasteiger partial charge in [0.1, 0.15) is 5.82 Å². The van der Waals surface area contributed by atoms with Crippen molar-refractivity contribution in [2.45, 2.75) is 31.7 Å². The molecule has 0 spiro atoms. The number of carbonyl (C=O) groups is 2. The summed E-state index contributed by atoms with van der Waals surface area (Å²) in [7, 11) is 0. The number of hydrogen-bond acceptors (Lipinski definition) is 3. The van der Waals surface area contributed by atoms with E-state index in [1.807, 2.05) is 11.0 Å². The molecule has 0 unspecified atom stereocenters. The number of nitrogens with one attached hydrogen (secondary N) is 1. The molecule has 0 radical (unpaired) electrons. The predicted octanol–water partition coefficient (Wildman–Crippen LogP) is 1.70. The molecule has 7 heteroatoms. The lowest BCUT2D eigenvalue weighted by molar-refractivity contribution is -0.123. The maximum absolute atomic E-state index is 14.0. The molecule has 0 bridgehead atoms. The minimum atomic E-state index is -0.284. The van der Waals surface area contributed by atoms with Crippen molar-refractivity contribution in [3.8, 4) is 0 Å². The summed E-state index contributed by atoms with van der Waals surface area (Å²) in [6.07, 6.45) is 3.03. The molecule has 2 fully saturated rings. The van der Waals surface area contributed by atoms with E-state index in [1.165, 1.54) is 6.07 Å². The number of nitrogens with zero attached hydrogens (tertiary/aromatic N) is 2. The van der Waals surface area contributed by atoms with Gasteiger partial charge in [-0.15, -0.1) is 0 Å². The van der Waals surface area contributed by atoms with E-state index in [-0.39, 0.29) is 29.7 Å². The van der Waals surface area contributed by atoms with Crippen molar-refractivity contribution in [2.75, 3.05) is 31.1 Å². The summed E-state index contributed by atoms with van der Waals surface area (Å²) >= 11 is 0. The summed E-state index contributed by atoms with van der Waals surface area (Å²) in [5.41, 5.74) is 5.91. The maximum Gasteiger partial charge on any atom is 0.317 e. The molecular formula is C18H25FN4O2. The zero-order chi connectivity index (χ0) is 17.8. The van der Waals surface area contributed by atoms with Crippen LogP contribution in [-0.4, -0.2) is 49.1 Å². The van der Waals surface area contributed by atoms with Crippen LogP contribution in [0.2, 0.25) is 0 Å². The number of rotatable bonds is 3. The minimum absolute atomic E-state index is 0.00489. The summed E-state index contributed by atoms with van der Waals surface area (Å²) in [5.74, 6) is -0.647. The third-order valence-corrected chi connectivity index (χ3v) is 5.13. The predicted molar refractivity (Wildman–Crippen MR) is 93.7 cm³/mol. The third-order valence-electron chi connectivity index (χ3n) is 5.13. The largest absolute Gasteiger partial charge is 0.369 e. The Bertz CT molecular complexity index is 631. The van der Waals surface area contributed by atoms with Gasteiger partial charge in [-0.05, 0) is 37.8 Å². The van der Waals surface area contributed by atoms with Gasteiger partial charge in [0.05, 0.1) is 5.69 Å². The van der Waals surface area contributed by atoms with E-state index in [0.29, 0.717) is 38.2 Å². The molecule has 0 aromatic heterocycles. The van der Waals surface area contributed by atoms with Gasteiger partial charge in [-0.2, -0.15) is 0 Å². The van der Waals surface area contributed by atoms with Crippen LogP contribution in [0.5, 0.6) is 0 Å². The molecule has 6 nitrogen and oxygen atoms in total. The number of benzene rings is 1. The quantitative estimate of drug-likeness (QED) is 0.873. The van der Waals surface area contributed by atoms with Crippen LogP contribution >= 0.6 is 0 Å². The number of hydrogen-bond donors (Lipinski definition) is 2. The Morgan fingerprint density at radius 2 is 1.84 bits per heavy atom. The Balaban J connectivity index is 1.53. The van der Waals surface area contributed by atoms with Gasteiger partial charge in [0.25, 0.3) is 0 Å². The second-order valence-corrected chi connectivity index (χ2v) is 6.85. The van der Waals surface area contributed by atoms with Crippen molar-refractivity contribution in [3.63, 3.8) is 0 Å². The van der Waals surface area contributed by atoms with Gasteiger partial charge >= 0.3 is 6.03 Å². The number of halogens is 1. The first-order valence-electron chi connectivity index (χ1n) is 8.89. The molecule has 2 saturated heterocycles. The third kappa shape index (κ3) is 4.21. The van der Waals surface area contributed by atoms with Crippen LogP contribution in [0.3, 0.4) is 0 Å². The Kier molecular flexibility index (Phi) is 5.40. The molecule has 0 aliphatic carbocycles. The van der Waals surface area contributed by atoms with E-state index < -0.39 is 0 Å². The molecule has 2 heterocycles. The van der Waals surface area contributed by atoms with Crippen molar-refractivity contribution in [1.29, 1.82) is 0 Å². The van der Waals surface area contributed by atoms with E-state index in [4.69, 9.17) is 5.73 Å². The van der Waals surface area contributed by atoms with Crippen LogP contribution in [0.25, 0.3) is 0 Å². The number of para-hydroxylation sites is 1. The van der Waals surface area contributed by atoms with Crippen molar-refractivity contribution >= 4 is 17.6 Å². The first-order chi connectivity index (χ1) is 12.0. The smallest absolute Gasteiger partial charge is 0.317 e. The van der Waals surface area contributed by atoms with Crippen LogP contribution in [0.15, 0.2) is 24.3 Å². The van der Waals surface area contributed by atoms with Crippen LogP contribution in [0.4, 0.5) is 14.9 Å². The van der Waals surface area contributed by atoms with Gasteiger partial charge in [0, 0.05) is 38.1 Å². The highest BCUT2D eigenvalue weighted by Crippen LogP contribution is 2.23. The van der Waals surface area contributed by atoms with Crippen LogP contribution in [0.1, 0.15) is 25.7 Å². The van der Waals surface area contributed by atoms with Gasteiger partial charge in [-0.25, -0.2) is 9.18 Å². The van der Waals surface area contributed by atoms with Crippen molar-refractivity contribution < 1.29 is 14.0 Å². The SMILES string of the molecule is NC(=O)C1CCN(C(=O)N[C@H]2CCCN(c3ccccc3F)C2)CC1. The maximum atomic E-state index is 14.0. The molecule has 1 atom stereocenters. The first-order valence-corrected chi connectivity index (χ1v) is 8.89. The fourth-order valence-corrected chi connectivity index (χ4v) is 3.65. The second-order valence-electron chi connectivity index (χ2n) is 6.85. The minimum Gasteiger partial charge on any atom is -0.369 e. The van der Waals surface area contributed by atoms with E-state index >= 15 is 0 Å². The van der Waals surface area contributed by atoms with E-state index in [9.17, 15) is 14.0 Å². The van der Waals surface area contributed by atoms with E-state index in [1.54, 1.807) is 17.0 Å². The Morgan fingerprint density at radius 1 is 1.12 bits per heavy atom. The molecule has 1 aromatic carbocycles. The lowest BCUT2D eigenvalue weighted by atomic mass is 9.96. The number of anilines is 1. The molecule has 136 valence electrons. The molecule has 3 amide bonds. The van der Waals surface area contributed by atoms with Crippen molar-refractivity contribution in [3.05, 3.63) is 30.1 Å². The molecule has 2 aliphatic rings. The average Bonchev–Trinajstić information content (AvgIpc) is 2.62. The van der Waals surface area contributed by atoms with Crippen LogP contribution < -0.4 is 16.0 Å². The van der Waals surface area contributed by atoms with Crippen LogP contribution in [-0.2, 0) is 4.79 Å². The van der Waals surface area contributed by atoms with Crippen molar-refractivity contribution in [1.82, 2.24) is 10.2 Å². The summed E-state index contributed by atoms with van der Waals surface area (Å²) in [5, 5.41) is 3.06. The summed E-state index contributed by atoms with van der Waals surface area (Å²) in [4.78, 5) is 27.4. The number of amides is 3. The molecule has 25 heavy (non-hydrogen) atoms. The molecular weight excluding hydrogens is 323 g/mol. The average molecular weight is 348 g/mol. The van der Waals surface area contributed by atoms with Gasteiger partial charge in [0.15, 0.2) is 0 Å². The number of urea groups is 1. The Hall–Kier alpha value is -2.31. The number of carbonyl (C=O) groups excluding carboxylic acids is 2. The van der Waals surface area contributed by atoms with Gasteiger partial charge in [-0.3, -0.25) is 4.79 Å². The highest BCUT2D eigenvalue weighted by Gasteiger charge is 2.28. The van der Waals surface area contributed by atoms with Gasteiger partial charge in [0.2, 0.25) is 5.91 Å². The highest BCUT2D eigenvalue weighted by molar-refractivity contribution is 5.78. The fraction of sp³-hybridized carbons (Fsp3) is 0.556. The van der Waals surface area contributed by atoms with Crippen molar-refractivity contribution in [2.24, 2.45) is 11.7 Å². The molecule has 3 rings (SSSR count).